The quantitative estimate of drug-likeness (QED) is 0.335. The molecule has 0 aromatic carbocycles. The van der Waals surface area contributed by atoms with E-state index < -0.39 is 18.5 Å². The minimum atomic E-state index is -2.33. The SMILES string of the molecule is O=C([O-])[O-].O=C([O-])[O-].O=C([O-])[O-].[Ce].[Fe+3].[Fe+3]. The van der Waals surface area contributed by atoms with Gasteiger partial charge in [-0.15, -0.1) is 0 Å². The van der Waals surface area contributed by atoms with Crippen LogP contribution in [0.4, 0.5) is 14.4 Å². The molecule has 0 saturated carbocycles. The van der Waals surface area contributed by atoms with Crippen molar-refractivity contribution in [3.63, 3.8) is 0 Å². The third-order valence-corrected chi connectivity index (χ3v) is 0. The molecule has 0 bridgehead atoms. The summed E-state index contributed by atoms with van der Waals surface area (Å²) in [7, 11) is 0. The molecule has 12 heteroatoms. The van der Waals surface area contributed by atoms with Crippen molar-refractivity contribution in [2.75, 3.05) is 0 Å². The van der Waals surface area contributed by atoms with Crippen molar-refractivity contribution in [3.8, 4) is 0 Å². The molecule has 0 aliphatic rings. The van der Waals surface area contributed by atoms with Crippen LogP contribution in [0, 0.1) is 41.7 Å². The van der Waals surface area contributed by atoms with Crippen LogP contribution < -0.4 is 30.6 Å². The second kappa shape index (κ2) is 29.2. The predicted octanol–water partition coefficient (Wildman–Crippen LogP) is -7.35. The standard InChI is InChI=1S/3CH2O3.Ce.2Fe/c3*2-1(3)4;;;/h3*(H2,2,3,4);;;/q;;;;2*+3/p-6. The first-order chi connectivity index (χ1) is 5.20. The van der Waals surface area contributed by atoms with Crippen molar-refractivity contribution in [1.29, 1.82) is 0 Å². The Morgan fingerprint density at radius 1 is 0.533 bits per heavy atom. The van der Waals surface area contributed by atoms with Crippen LogP contribution in [0.2, 0.25) is 0 Å². The molecule has 0 amide bonds. The first-order valence-corrected chi connectivity index (χ1v) is 1.84. The topological polar surface area (TPSA) is 190 Å². The molecule has 0 aliphatic carbocycles. The average Bonchev–Trinajstić information content (AvgIpc) is 1.54. The summed E-state index contributed by atoms with van der Waals surface area (Å²) in [6.07, 6.45) is -7.00. The van der Waals surface area contributed by atoms with Crippen molar-refractivity contribution in [2.24, 2.45) is 0 Å². The van der Waals surface area contributed by atoms with Gasteiger partial charge in [0.2, 0.25) is 0 Å². The van der Waals surface area contributed by atoms with E-state index in [1.54, 1.807) is 0 Å². The fourth-order valence-electron chi connectivity index (χ4n) is 0. The van der Waals surface area contributed by atoms with E-state index >= 15 is 0 Å². The third-order valence-electron chi connectivity index (χ3n) is 0. The van der Waals surface area contributed by atoms with Crippen molar-refractivity contribution in [2.45, 2.75) is 0 Å². The van der Waals surface area contributed by atoms with Crippen molar-refractivity contribution < 1.29 is 121 Å². The maximum atomic E-state index is 8.33. The van der Waals surface area contributed by atoms with Crippen LogP contribution in [0.3, 0.4) is 0 Å². The first kappa shape index (κ1) is 36.2. The molecule has 0 aromatic heterocycles. The molecular weight excluding hydrogens is 432 g/mol. The Hall–Kier alpha value is 0.226. The van der Waals surface area contributed by atoms with Gasteiger partial charge in [-0.1, -0.05) is 0 Å². The van der Waals surface area contributed by atoms with Gasteiger partial charge in [-0.3, -0.25) is 0 Å². The summed E-state index contributed by atoms with van der Waals surface area (Å²) >= 11 is 0. The van der Waals surface area contributed by atoms with E-state index in [1.807, 2.05) is 0 Å². The zero-order valence-corrected chi connectivity index (χ0v) is 11.7. The van der Waals surface area contributed by atoms with Crippen LogP contribution in [0.1, 0.15) is 0 Å². The Morgan fingerprint density at radius 3 is 0.533 bits per heavy atom. The molecule has 86 valence electrons. The second-order valence-corrected chi connectivity index (χ2v) is 0.750. The fourth-order valence-corrected chi connectivity index (χ4v) is 0. The van der Waals surface area contributed by atoms with Gasteiger partial charge >= 0.3 is 34.1 Å². The van der Waals surface area contributed by atoms with Gasteiger partial charge in [0, 0.05) is 41.7 Å². The molecule has 0 heterocycles. The number of rotatable bonds is 0. The number of hydrogen-bond acceptors (Lipinski definition) is 9. The third kappa shape index (κ3) is 41800. The molecule has 0 N–H and O–H groups in total. The van der Waals surface area contributed by atoms with Crippen molar-refractivity contribution in [1.82, 2.24) is 0 Å². The maximum Gasteiger partial charge on any atom is 3.00 e. The van der Waals surface area contributed by atoms with E-state index in [-0.39, 0.29) is 75.9 Å². The summed E-state index contributed by atoms with van der Waals surface area (Å²) in [4.78, 5) is 25.0. The zero-order chi connectivity index (χ0) is 10.7. The number of carbonyl (C=O) groups is 3. The van der Waals surface area contributed by atoms with E-state index in [0.717, 1.165) is 0 Å². The summed E-state index contributed by atoms with van der Waals surface area (Å²) in [5.74, 6) is 0. The summed E-state index contributed by atoms with van der Waals surface area (Å²) in [5, 5.41) is 50.0. The molecule has 0 unspecified atom stereocenters. The Labute approximate surface area is 138 Å². The minimum absolute atomic E-state index is 0. The van der Waals surface area contributed by atoms with Crippen LogP contribution in [0.25, 0.3) is 0 Å². The van der Waals surface area contributed by atoms with Crippen LogP contribution in [-0.2, 0) is 34.1 Å². The van der Waals surface area contributed by atoms with Crippen LogP contribution in [-0.4, -0.2) is 18.5 Å². The molecule has 9 nitrogen and oxygen atoms in total. The second-order valence-electron chi connectivity index (χ2n) is 0.750. The largest absolute Gasteiger partial charge is 3.00 e. The van der Waals surface area contributed by atoms with Gasteiger partial charge in [0.15, 0.2) is 0 Å². The Bertz CT molecular complexity index is 121. The average molecular weight is 432 g/mol. The molecule has 0 atom stereocenters. The first-order valence-electron chi connectivity index (χ1n) is 1.84. The summed E-state index contributed by atoms with van der Waals surface area (Å²) in [5.41, 5.74) is 0. The van der Waals surface area contributed by atoms with E-state index in [0.29, 0.717) is 0 Å². The van der Waals surface area contributed by atoms with E-state index in [9.17, 15) is 0 Å². The van der Waals surface area contributed by atoms with Crippen molar-refractivity contribution in [3.05, 3.63) is 0 Å². The van der Waals surface area contributed by atoms with E-state index in [4.69, 9.17) is 45.0 Å². The van der Waals surface area contributed by atoms with Gasteiger partial charge in [0.1, 0.15) is 0 Å². The number of carbonyl (C=O) groups excluding carboxylic acids is 3. The molecule has 2 radical (unpaired) electrons. The van der Waals surface area contributed by atoms with E-state index in [2.05, 4.69) is 0 Å². The Morgan fingerprint density at radius 2 is 0.533 bits per heavy atom. The smallest absolute Gasteiger partial charge is 0.652 e. The van der Waals surface area contributed by atoms with Crippen LogP contribution in [0.5, 0.6) is 0 Å². The van der Waals surface area contributed by atoms with Crippen LogP contribution in [0.15, 0.2) is 0 Å². The zero-order valence-electron chi connectivity index (χ0n) is 6.38. The van der Waals surface area contributed by atoms with Gasteiger partial charge in [-0.2, -0.15) is 0 Å². The van der Waals surface area contributed by atoms with Gasteiger partial charge in [0.05, 0.1) is 0 Å². The maximum absolute atomic E-state index is 8.33. The summed E-state index contributed by atoms with van der Waals surface area (Å²) in [6.45, 7) is 0. The fraction of sp³-hybridized carbons (Fsp3) is 0. The molecule has 0 aliphatic heterocycles. The van der Waals surface area contributed by atoms with E-state index in [1.165, 1.54) is 0 Å². The normalized spacial score (nSPS) is 4.80. The number of hydrogen-bond donors (Lipinski definition) is 0. The molecular formula is C3CeFe2O9. The Kier molecular flexibility index (Phi) is 70.6. The summed E-state index contributed by atoms with van der Waals surface area (Å²) in [6, 6.07) is 0. The predicted molar refractivity (Wildman–Crippen MR) is 16.2 cm³/mol. The minimum Gasteiger partial charge on any atom is -0.652 e. The summed E-state index contributed by atoms with van der Waals surface area (Å²) < 4.78 is 0. The van der Waals surface area contributed by atoms with Gasteiger partial charge in [-0.05, 0) is 18.5 Å². The van der Waals surface area contributed by atoms with Gasteiger partial charge in [-0.25, -0.2) is 0 Å². The molecule has 0 spiro atoms. The van der Waals surface area contributed by atoms with Gasteiger partial charge < -0.3 is 45.0 Å². The molecule has 15 heavy (non-hydrogen) atoms. The molecule has 0 saturated heterocycles. The van der Waals surface area contributed by atoms with Crippen molar-refractivity contribution >= 4 is 18.5 Å². The molecule has 0 rings (SSSR count). The molecule has 0 fully saturated rings. The number of carboxylic acid groups (broad SMARTS) is 6. The molecule has 0 aromatic rings. The van der Waals surface area contributed by atoms with Gasteiger partial charge in [0.25, 0.3) is 0 Å². The monoisotopic (exact) mass is 432 g/mol. The van der Waals surface area contributed by atoms with Crippen LogP contribution >= 0.6 is 0 Å². The Balaban J connectivity index is -0.0000000184.